The number of halogens is 1. The molecule has 16 heteroatoms. The molecule has 7 atom stereocenters. The number of hydrogen-bond donors (Lipinski definition) is 3. The molecule has 1 aromatic heterocycles. The van der Waals surface area contributed by atoms with Crippen LogP contribution in [0.15, 0.2) is 36.5 Å². The van der Waals surface area contributed by atoms with E-state index in [-0.39, 0.29) is 42.5 Å². The summed E-state index contributed by atoms with van der Waals surface area (Å²) in [6.45, 7) is 10.4. The third kappa shape index (κ3) is 8.59. The van der Waals surface area contributed by atoms with Crippen molar-refractivity contribution >= 4 is 44.6 Å². The smallest absolute Gasteiger partial charge is 0.408 e. The summed E-state index contributed by atoms with van der Waals surface area (Å²) in [5.41, 5.74) is -2.50. The summed E-state index contributed by atoms with van der Waals surface area (Å²) < 4.78 is 81.6. The Morgan fingerprint density at radius 2 is 1.95 bits per heavy atom. The first-order chi connectivity index (χ1) is 27.4. The van der Waals surface area contributed by atoms with Gasteiger partial charge in [0.05, 0.1) is 22.4 Å². The molecular formula is C40H54FN5O9S. The second-order valence-corrected chi connectivity index (χ2v) is 19.2. The monoisotopic (exact) mass is 802 g/mol. The second-order valence-electron chi connectivity index (χ2n) is 17.0. The maximum Gasteiger partial charge on any atom is 0.408 e. The normalized spacial score (nSPS) is 30.8. The number of carbonyl (C=O) groups is 4. The van der Waals surface area contributed by atoms with Gasteiger partial charge in [0, 0.05) is 23.9 Å². The lowest BCUT2D eigenvalue weighted by atomic mass is 9.85. The lowest BCUT2D eigenvalue weighted by molar-refractivity contribution is -0.142. The predicted molar refractivity (Wildman–Crippen MR) is 206 cm³/mol. The van der Waals surface area contributed by atoms with Crippen LogP contribution >= 0.6 is 0 Å². The number of amides is 4. The van der Waals surface area contributed by atoms with E-state index in [1.54, 1.807) is 27.7 Å². The molecule has 3 heterocycles. The van der Waals surface area contributed by atoms with Crippen molar-refractivity contribution in [2.45, 2.75) is 127 Å². The number of fused-ring (bicyclic) bond motifs is 3. The summed E-state index contributed by atoms with van der Waals surface area (Å²) >= 11 is 0. The fraction of sp³-hybridized carbons (Fsp3) is 0.625. The lowest BCUT2D eigenvalue weighted by Gasteiger charge is -2.34. The van der Waals surface area contributed by atoms with E-state index in [0.717, 1.165) is 12.5 Å². The first-order valence-electron chi connectivity index (χ1n) is 20.7. The van der Waals surface area contributed by atoms with Gasteiger partial charge in [-0.25, -0.2) is 22.6 Å². The summed E-state index contributed by atoms with van der Waals surface area (Å²) in [7, 11) is -6.97. The van der Waals surface area contributed by atoms with Crippen LogP contribution in [0.5, 0.6) is 11.6 Å². The van der Waals surface area contributed by atoms with Crippen LogP contribution in [0, 0.1) is 23.6 Å². The molecule has 0 bridgehead atoms. The first kappa shape index (κ1) is 37.1. The zero-order valence-electron chi connectivity index (χ0n) is 35.6. The van der Waals surface area contributed by atoms with Gasteiger partial charge in [-0.1, -0.05) is 32.4 Å². The Bertz CT molecular complexity index is 2130. The maximum atomic E-state index is 15.2. The molecule has 1 saturated heterocycles. The van der Waals surface area contributed by atoms with Crippen molar-refractivity contribution in [3.8, 4) is 11.6 Å². The highest BCUT2D eigenvalue weighted by Gasteiger charge is 2.63. The predicted octanol–water partition coefficient (Wildman–Crippen LogP) is 4.90. The number of hydrogen-bond acceptors (Lipinski definition) is 10. The van der Waals surface area contributed by atoms with Gasteiger partial charge in [-0.05, 0) is 102 Å². The highest BCUT2D eigenvalue weighted by molar-refractivity contribution is 7.91. The molecule has 3 N–H and O–H groups in total. The molecule has 3 fully saturated rings. The summed E-state index contributed by atoms with van der Waals surface area (Å²) in [6, 6.07) is 1.34. The Morgan fingerprint density at radius 3 is 2.62 bits per heavy atom. The van der Waals surface area contributed by atoms with Crippen molar-refractivity contribution < 1.29 is 50.3 Å². The molecule has 14 nitrogen and oxygen atoms in total. The fourth-order valence-electron chi connectivity index (χ4n) is 7.73. The van der Waals surface area contributed by atoms with Crippen molar-refractivity contribution in [1.29, 1.82) is 0 Å². The van der Waals surface area contributed by atoms with E-state index < -0.39 is 92.4 Å². The van der Waals surface area contributed by atoms with Crippen molar-refractivity contribution in [2.24, 2.45) is 17.8 Å². The van der Waals surface area contributed by atoms with Gasteiger partial charge in [-0.15, -0.1) is 0 Å². The molecule has 0 unspecified atom stereocenters. The molecular weight excluding hydrogens is 746 g/mol. The van der Waals surface area contributed by atoms with Gasteiger partial charge in [-0.3, -0.25) is 19.1 Å². The Hall–Kier alpha value is -4.47. The van der Waals surface area contributed by atoms with Crippen LogP contribution in [-0.4, -0.2) is 89.8 Å². The number of benzene rings is 1. The van der Waals surface area contributed by atoms with Crippen LogP contribution in [0.1, 0.15) is 97.0 Å². The number of sulfonamides is 1. The largest absolute Gasteiger partial charge is 0.494 e. The molecule has 6 rings (SSSR count). The van der Waals surface area contributed by atoms with E-state index in [4.69, 9.17) is 18.3 Å². The topological polar surface area (TPSA) is 182 Å². The number of methoxy groups -OCH3 is 1. The highest BCUT2D eigenvalue weighted by Crippen LogP contribution is 2.47. The molecule has 1 aromatic carbocycles. The minimum Gasteiger partial charge on any atom is -0.494 e. The number of ether oxygens (including phenoxy) is 3. The maximum absolute atomic E-state index is 15.2. The van der Waals surface area contributed by atoms with Crippen LogP contribution in [0.25, 0.3) is 10.8 Å². The number of nitrogens with one attached hydrogen (secondary N) is 3. The average Bonchev–Trinajstić information content (AvgIpc) is 4.00. The van der Waals surface area contributed by atoms with E-state index >= 15 is 4.39 Å². The van der Waals surface area contributed by atoms with Crippen LogP contribution in [0.2, 0.25) is 0 Å². The molecule has 4 amide bonds. The number of nitrogens with zero attached hydrogens (tertiary/aromatic N) is 2. The summed E-state index contributed by atoms with van der Waals surface area (Å²) in [6.07, 6.45) is 6.55. The third-order valence-electron chi connectivity index (χ3n) is 11.4. The van der Waals surface area contributed by atoms with Gasteiger partial charge in [0.15, 0.2) is 11.6 Å². The molecule has 306 valence electrons. The van der Waals surface area contributed by atoms with Crippen LogP contribution < -0.4 is 24.8 Å². The number of alkyl carbamates (subject to hydrolysis) is 1. The van der Waals surface area contributed by atoms with Gasteiger partial charge < -0.3 is 29.7 Å². The molecule has 0 radical (unpaired) electrons. The van der Waals surface area contributed by atoms with Gasteiger partial charge in [-0.2, -0.15) is 0 Å². The van der Waals surface area contributed by atoms with Crippen molar-refractivity contribution in [2.75, 3.05) is 13.6 Å². The Kier molecular flexibility index (Phi) is 10.3. The Labute approximate surface area is 331 Å². The van der Waals surface area contributed by atoms with E-state index in [1.807, 2.05) is 26.0 Å². The van der Waals surface area contributed by atoms with Gasteiger partial charge in [0.25, 0.3) is 5.91 Å². The van der Waals surface area contributed by atoms with Gasteiger partial charge in [0.2, 0.25) is 27.7 Å². The molecule has 56 heavy (non-hydrogen) atoms. The molecule has 2 aliphatic heterocycles. The lowest BCUT2D eigenvalue weighted by Crippen LogP contribution is -2.59. The molecule has 2 saturated carbocycles. The minimum atomic E-state index is -4.06. The number of aromatic nitrogens is 1. The molecule has 2 aromatic rings. The summed E-state index contributed by atoms with van der Waals surface area (Å²) in [5.74, 6) is -4.54. The SMILES string of the molecule is [2H]C([2H])([2H])Oc1cc2ccnc(O[C@@H]3C[C@H]4C(=O)N[C@]5(C(=O)NS(=O)(=O)C6(C)CC6)C[C@H]5/C=C\CC[C@@H](C)C[C@@H](CC)[C@H](NC(=O)OC(C)(C)C)C(=O)N4C3)c2cc1F. The minimum absolute atomic E-state index is 0.0619. The zero-order chi connectivity index (χ0) is 43.3. The van der Waals surface area contributed by atoms with E-state index in [0.29, 0.717) is 37.5 Å². The zero-order valence-corrected chi connectivity index (χ0v) is 33.5. The van der Waals surface area contributed by atoms with E-state index in [1.165, 1.54) is 23.2 Å². The van der Waals surface area contributed by atoms with E-state index in [9.17, 15) is 27.6 Å². The second kappa shape index (κ2) is 15.5. The van der Waals surface area contributed by atoms with Crippen molar-refractivity contribution in [3.05, 3.63) is 42.4 Å². The van der Waals surface area contributed by atoms with Gasteiger partial charge >= 0.3 is 6.09 Å². The number of allylic oxidation sites excluding steroid dienone is 1. The van der Waals surface area contributed by atoms with Crippen molar-refractivity contribution in [3.63, 3.8) is 0 Å². The molecule has 0 spiro atoms. The van der Waals surface area contributed by atoms with Crippen molar-refractivity contribution in [1.82, 2.24) is 25.2 Å². The van der Waals surface area contributed by atoms with Crippen LogP contribution in [0.3, 0.4) is 0 Å². The number of carbonyl (C=O) groups excluding carboxylic acids is 4. The van der Waals surface area contributed by atoms with E-state index in [2.05, 4.69) is 20.3 Å². The Balaban J connectivity index is 1.37. The highest BCUT2D eigenvalue weighted by atomic mass is 32.2. The molecule has 2 aliphatic carbocycles. The fourth-order valence-corrected chi connectivity index (χ4v) is 9.04. The number of pyridine rings is 1. The Morgan fingerprint density at radius 1 is 1.20 bits per heavy atom. The standard InChI is InChI=1S/C40H54FN5O9S/c1-8-24-17-23(2)11-9-10-12-26-21-40(26,36(49)45-56(51,52)39(6)14-15-39)44-33(47)30-19-27(22-46(30)35(48)32(24)43-37(50)55-38(3,4)5)54-34-28-20-29(41)31(53-7)18-25(28)13-16-42-34/h10,12-13,16,18,20,23-24,26-27,30,32H,8-9,11,14-15,17,19,21-22H2,1-7H3,(H,43,50)(H,44,47)(H,45,49)/b12-10-/t23-,24-,26-,27-,30+,32+,40-/m1/s1/i7D3. The van der Waals surface area contributed by atoms with Crippen LogP contribution in [-0.2, 0) is 29.1 Å². The first-order valence-corrected chi connectivity index (χ1v) is 20.7. The summed E-state index contributed by atoms with van der Waals surface area (Å²) in [4.78, 5) is 62.3. The summed E-state index contributed by atoms with van der Waals surface area (Å²) in [5, 5.41) is 6.14. The molecule has 4 aliphatic rings. The quantitative estimate of drug-likeness (QED) is 0.311. The van der Waals surface area contributed by atoms with Gasteiger partial charge in [0.1, 0.15) is 29.3 Å². The number of rotatable bonds is 8. The van der Waals surface area contributed by atoms with Crippen LogP contribution in [0.4, 0.5) is 9.18 Å². The average molecular weight is 803 g/mol. The third-order valence-corrected chi connectivity index (χ3v) is 13.6.